The number of hydrogen-bond donors (Lipinski definition) is 3. The Bertz CT molecular complexity index is 896. The molecular formula is C21H25N3O3. The first-order valence-corrected chi connectivity index (χ1v) is 9.10. The van der Waals surface area contributed by atoms with Gasteiger partial charge in [0.15, 0.2) is 0 Å². The molecule has 0 fully saturated rings. The summed E-state index contributed by atoms with van der Waals surface area (Å²) in [6.45, 7) is 7.69. The fraction of sp³-hybridized carbons (Fsp3) is 0.333. The van der Waals surface area contributed by atoms with Crippen LogP contribution in [0.4, 0.5) is 16.2 Å². The molecule has 0 aromatic heterocycles. The molecule has 2 aromatic rings. The van der Waals surface area contributed by atoms with Gasteiger partial charge in [-0.1, -0.05) is 31.2 Å². The molecular weight excluding hydrogens is 342 g/mol. The van der Waals surface area contributed by atoms with Gasteiger partial charge in [0.2, 0.25) is 0 Å². The number of aryl methyl sites for hydroxylation is 2. The maximum atomic E-state index is 13.2. The van der Waals surface area contributed by atoms with E-state index < -0.39 is 17.7 Å². The quantitative estimate of drug-likeness (QED) is 0.774. The van der Waals surface area contributed by atoms with Crippen LogP contribution in [0.15, 0.2) is 42.5 Å². The van der Waals surface area contributed by atoms with Crippen molar-refractivity contribution < 1.29 is 14.7 Å². The highest BCUT2D eigenvalue weighted by Crippen LogP contribution is 2.40. The summed E-state index contributed by atoms with van der Waals surface area (Å²) in [5.74, 6) is -0.627. The van der Waals surface area contributed by atoms with Gasteiger partial charge in [0, 0.05) is 17.3 Å². The van der Waals surface area contributed by atoms with Gasteiger partial charge in [-0.2, -0.15) is 0 Å². The second-order valence-electron chi connectivity index (χ2n) is 7.03. The Hall–Kier alpha value is -2.86. The highest BCUT2D eigenvalue weighted by molar-refractivity contribution is 6.11. The van der Waals surface area contributed by atoms with E-state index in [2.05, 4.69) is 10.6 Å². The number of para-hydroxylation sites is 1. The van der Waals surface area contributed by atoms with Gasteiger partial charge >= 0.3 is 6.03 Å². The first-order valence-electron chi connectivity index (χ1n) is 9.10. The van der Waals surface area contributed by atoms with Crippen molar-refractivity contribution in [2.24, 2.45) is 0 Å². The molecule has 27 heavy (non-hydrogen) atoms. The Balaban J connectivity index is 2.18. The minimum Gasteiger partial charge on any atom is -0.359 e. The fourth-order valence-corrected chi connectivity index (χ4v) is 3.15. The summed E-state index contributed by atoms with van der Waals surface area (Å²) < 4.78 is 0. The van der Waals surface area contributed by atoms with Crippen molar-refractivity contribution in [2.45, 2.75) is 45.9 Å². The van der Waals surface area contributed by atoms with Crippen LogP contribution in [-0.4, -0.2) is 23.1 Å². The van der Waals surface area contributed by atoms with E-state index in [1.54, 1.807) is 36.4 Å². The molecule has 0 saturated carbocycles. The van der Waals surface area contributed by atoms with Crippen molar-refractivity contribution in [1.82, 2.24) is 5.32 Å². The Kier molecular flexibility index (Phi) is 4.93. The van der Waals surface area contributed by atoms with E-state index in [9.17, 15) is 14.7 Å². The maximum absolute atomic E-state index is 13.2. The van der Waals surface area contributed by atoms with Gasteiger partial charge in [-0.25, -0.2) is 4.79 Å². The number of aliphatic hydroxyl groups is 1. The maximum Gasteiger partial charge on any atom is 0.329 e. The largest absolute Gasteiger partial charge is 0.359 e. The topological polar surface area (TPSA) is 81.7 Å². The zero-order valence-corrected chi connectivity index (χ0v) is 16.0. The lowest BCUT2D eigenvalue weighted by atomic mass is 9.94. The molecule has 0 bridgehead atoms. The number of benzene rings is 2. The summed E-state index contributed by atoms with van der Waals surface area (Å²) in [5, 5.41) is 17.2. The summed E-state index contributed by atoms with van der Waals surface area (Å²) in [7, 11) is 0. The van der Waals surface area contributed by atoms with Gasteiger partial charge in [-0.3, -0.25) is 9.69 Å². The van der Waals surface area contributed by atoms with Crippen LogP contribution in [0.1, 0.15) is 37.0 Å². The Labute approximate surface area is 159 Å². The van der Waals surface area contributed by atoms with Crippen LogP contribution in [0.3, 0.4) is 0 Å². The first-order chi connectivity index (χ1) is 12.8. The fourth-order valence-electron chi connectivity index (χ4n) is 3.15. The average Bonchev–Trinajstić information content (AvgIpc) is 2.64. The summed E-state index contributed by atoms with van der Waals surface area (Å²) in [4.78, 5) is 27.2. The second-order valence-corrected chi connectivity index (χ2v) is 7.03. The van der Waals surface area contributed by atoms with Crippen LogP contribution in [0.2, 0.25) is 0 Å². The van der Waals surface area contributed by atoms with E-state index in [1.165, 1.54) is 0 Å². The van der Waals surface area contributed by atoms with Gasteiger partial charge in [0.25, 0.3) is 11.6 Å². The number of fused-ring (bicyclic) bond motifs is 1. The monoisotopic (exact) mass is 367 g/mol. The van der Waals surface area contributed by atoms with E-state index in [0.717, 1.165) is 16.0 Å². The van der Waals surface area contributed by atoms with Crippen LogP contribution >= 0.6 is 0 Å². The summed E-state index contributed by atoms with van der Waals surface area (Å²) in [5.41, 5.74) is 1.08. The lowest BCUT2D eigenvalue weighted by Crippen LogP contribution is -2.63. The van der Waals surface area contributed by atoms with Crippen molar-refractivity contribution in [3.63, 3.8) is 0 Å². The normalized spacial score (nSPS) is 19.9. The zero-order valence-electron chi connectivity index (χ0n) is 16.0. The van der Waals surface area contributed by atoms with Crippen molar-refractivity contribution in [1.29, 1.82) is 0 Å². The first kappa shape index (κ1) is 18.9. The Morgan fingerprint density at radius 3 is 2.59 bits per heavy atom. The highest BCUT2D eigenvalue weighted by Gasteiger charge is 2.52. The predicted octanol–water partition coefficient (Wildman–Crippen LogP) is 3.42. The molecule has 1 heterocycles. The number of nitrogens with zero attached hydrogens (tertiary/aromatic N) is 1. The van der Waals surface area contributed by atoms with E-state index in [4.69, 9.17) is 0 Å². The van der Waals surface area contributed by atoms with E-state index in [1.807, 2.05) is 33.8 Å². The highest BCUT2D eigenvalue weighted by atomic mass is 16.3. The molecule has 3 rings (SSSR count). The number of nitrogens with one attached hydrogen (secondary N) is 2. The molecule has 1 aliphatic rings. The van der Waals surface area contributed by atoms with Gasteiger partial charge in [-0.15, -0.1) is 0 Å². The van der Waals surface area contributed by atoms with Gasteiger partial charge in [-0.05, 0) is 56.5 Å². The zero-order chi connectivity index (χ0) is 19.8. The molecule has 2 aromatic carbocycles. The van der Waals surface area contributed by atoms with Gasteiger partial charge in [0.05, 0.1) is 5.69 Å². The molecule has 0 unspecified atom stereocenters. The van der Waals surface area contributed by atoms with E-state index in [0.29, 0.717) is 23.4 Å². The van der Waals surface area contributed by atoms with E-state index >= 15 is 0 Å². The summed E-state index contributed by atoms with van der Waals surface area (Å²) in [6.07, 6.45) is 0.708. The van der Waals surface area contributed by atoms with Crippen molar-refractivity contribution in [3.05, 3.63) is 59.2 Å². The predicted molar refractivity (Wildman–Crippen MR) is 106 cm³/mol. The van der Waals surface area contributed by atoms with Gasteiger partial charge < -0.3 is 15.7 Å². The molecule has 2 atom stereocenters. The van der Waals surface area contributed by atoms with Crippen molar-refractivity contribution in [2.75, 3.05) is 10.2 Å². The number of rotatable bonds is 4. The third-order valence-electron chi connectivity index (χ3n) is 5.13. The summed E-state index contributed by atoms with van der Waals surface area (Å²) >= 11 is 0. The molecule has 3 amide bonds. The molecule has 0 saturated heterocycles. The van der Waals surface area contributed by atoms with Crippen molar-refractivity contribution in [3.8, 4) is 0 Å². The molecule has 6 nitrogen and oxygen atoms in total. The third-order valence-corrected chi connectivity index (χ3v) is 5.13. The molecule has 6 heteroatoms. The number of amides is 3. The minimum absolute atomic E-state index is 0.139. The average molecular weight is 367 g/mol. The van der Waals surface area contributed by atoms with Crippen LogP contribution in [0, 0.1) is 13.8 Å². The lowest BCUT2D eigenvalue weighted by molar-refractivity contribution is -0.140. The number of anilines is 2. The lowest BCUT2D eigenvalue weighted by Gasteiger charge is -2.43. The number of carbonyl (C=O) groups excluding carboxylic acids is 2. The molecule has 0 spiro atoms. The van der Waals surface area contributed by atoms with E-state index in [-0.39, 0.29) is 6.04 Å². The van der Waals surface area contributed by atoms with Crippen LogP contribution < -0.4 is 15.5 Å². The molecule has 0 radical (unpaired) electrons. The second kappa shape index (κ2) is 7.04. The van der Waals surface area contributed by atoms with Crippen LogP contribution in [0.5, 0.6) is 0 Å². The minimum atomic E-state index is -2.15. The van der Waals surface area contributed by atoms with Gasteiger partial charge in [0.1, 0.15) is 0 Å². The Morgan fingerprint density at radius 1 is 1.22 bits per heavy atom. The molecule has 1 aliphatic heterocycles. The number of urea groups is 1. The summed E-state index contributed by atoms with van der Waals surface area (Å²) in [6, 6.07) is 11.5. The van der Waals surface area contributed by atoms with Crippen LogP contribution in [-0.2, 0) is 10.5 Å². The van der Waals surface area contributed by atoms with Crippen LogP contribution in [0.25, 0.3) is 0 Å². The Morgan fingerprint density at radius 2 is 1.93 bits per heavy atom. The number of carbonyl (C=O) groups is 2. The molecule has 0 aliphatic carbocycles. The SMILES string of the molecule is CC[C@@H](C)NC(=O)[C@@]1(O)c2ccccc2NC(=O)N1c1ccc(C)c(C)c1. The smallest absolute Gasteiger partial charge is 0.329 e. The standard InChI is InChI=1S/C21H25N3O3/c1-5-15(4)22-19(25)21(27)17-8-6-7-9-18(17)23-20(26)24(21)16-11-10-13(2)14(3)12-16/h6-12,15,27H,5H2,1-4H3,(H,22,25)(H,23,26)/t15-,21+/m1/s1. The number of hydrogen-bond acceptors (Lipinski definition) is 3. The molecule has 3 N–H and O–H groups in total. The molecule has 142 valence electrons. The third kappa shape index (κ3) is 3.17. The van der Waals surface area contributed by atoms with Crippen molar-refractivity contribution >= 4 is 23.3 Å².